The van der Waals surface area contributed by atoms with E-state index >= 15 is 0 Å². The van der Waals surface area contributed by atoms with Crippen LogP contribution >= 0.6 is 0 Å². The lowest BCUT2D eigenvalue weighted by Crippen LogP contribution is -2.24. The van der Waals surface area contributed by atoms with Gasteiger partial charge < -0.3 is 15.8 Å². The van der Waals surface area contributed by atoms with Gasteiger partial charge in [-0.1, -0.05) is 0 Å². The van der Waals surface area contributed by atoms with Gasteiger partial charge in [0.1, 0.15) is 5.56 Å². The monoisotopic (exact) mass is 226 g/mol. The highest BCUT2D eigenvalue weighted by Crippen LogP contribution is 2.08. The van der Waals surface area contributed by atoms with Crippen molar-refractivity contribution in [3.63, 3.8) is 0 Å². The van der Waals surface area contributed by atoms with Crippen molar-refractivity contribution in [2.24, 2.45) is 12.8 Å². The van der Waals surface area contributed by atoms with E-state index in [1.165, 1.54) is 6.20 Å². The van der Waals surface area contributed by atoms with Crippen molar-refractivity contribution < 1.29 is 9.53 Å². The van der Waals surface area contributed by atoms with Crippen molar-refractivity contribution in [2.45, 2.75) is 13.5 Å². The predicted molar refractivity (Wildman–Crippen MR) is 59.9 cm³/mol. The highest BCUT2D eigenvalue weighted by molar-refractivity contribution is 5.90. The van der Waals surface area contributed by atoms with Crippen LogP contribution in [0.4, 0.5) is 0 Å². The molecule has 0 aliphatic carbocycles. The normalized spacial score (nSPS) is 10.4. The maximum atomic E-state index is 11.6. The lowest BCUT2D eigenvalue weighted by molar-refractivity contribution is 0.0524. The van der Waals surface area contributed by atoms with Gasteiger partial charge in [-0.25, -0.2) is 4.79 Å². The Labute approximate surface area is 94.8 Å². The maximum Gasteiger partial charge on any atom is 0.341 e. The molecule has 0 radical (unpaired) electrons. The van der Waals surface area contributed by atoms with Crippen LogP contribution in [0.5, 0.6) is 0 Å². The molecule has 0 fully saturated rings. The van der Waals surface area contributed by atoms with Gasteiger partial charge in [-0.15, -0.1) is 0 Å². The summed E-state index contributed by atoms with van der Waals surface area (Å²) in [5.74, 6) is -0.333. The van der Waals surface area contributed by atoms with Gasteiger partial charge in [0.2, 0.25) is 0 Å². The highest BCUT2D eigenvalue weighted by Gasteiger charge is 2.16. The van der Waals surface area contributed by atoms with E-state index in [-0.39, 0.29) is 5.97 Å². The van der Waals surface area contributed by atoms with Crippen molar-refractivity contribution in [1.82, 2.24) is 15.1 Å². The summed E-state index contributed by atoms with van der Waals surface area (Å²) >= 11 is 0. The van der Waals surface area contributed by atoms with E-state index < -0.39 is 0 Å². The van der Waals surface area contributed by atoms with E-state index in [0.717, 1.165) is 5.69 Å². The van der Waals surface area contributed by atoms with Gasteiger partial charge in [0.25, 0.3) is 0 Å². The molecule has 1 heterocycles. The lowest BCUT2D eigenvalue weighted by Gasteiger charge is -2.06. The molecule has 6 nitrogen and oxygen atoms in total. The molecule has 0 saturated heterocycles. The van der Waals surface area contributed by atoms with Crippen molar-refractivity contribution in [3.05, 3.63) is 17.5 Å². The third-order valence-corrected chi connectivity index (χ3v) is 2.17. The summed E-state index contributed by atoms with van der Waals surface area (Å²) in [5, 5.41) is 7.17. The van der Waals surface area contributed by atoms with Crippen molar-refractivity contribution in [2.75, 3.05) is 19.7 Å². The van der Waals surface area contributed by atoms with Gasteiger partial charge in [-0.05, 0) is 6.92 Å². The molecule has 0 bridgehead atoms. The zero-order valence-corrected chi connectivity index (χ0v) is 9.69. The molecule has 0 atom stereocenters. The topological polar surface area (TPSA) is 82.2 Å². The van der Waals surface area contributed by atoms with E-state index in [2.05, 4.69) is 10.4 Å². The first-order valence-electron chi connectivity index (χ1n) is 5.29. The number of carbonyl (C=O) groups is 1. The standard InChI is InChI=1S/C10H18N4O2/c1-3-16-10(15)8-6-13-14(2)9(8)7-12-5-4-11/h6,12H,3-5,7,11H2,1-2H3. The largest absolute Gasteiger partial charge is 0.462 e. The van der Waals surface area contributed by atoms with E-state index in [1.807, 2.05) is 0 Å². The number of nitrogens with zero attached hydrogens (tertiary/aromatic N) is 2. The Bertz CT molecular complexity index is 349. The Morgan fingerprint density at radius 2 is 2.44 bits per heavy atom. The first-order chi connectivity index (χ1) is 7.70. The Morgan fingerprint density at radius 3 is 3.06 bits per heavy atom. The van der Waals surface area contributed by atoms with E-state index in [1.54, 1.807) is 18.7 Å². The smallest absolute Gasteiger partial charge is 0.341 e. The van der Waals surface area contributed by atoms with Crippen LogP contribution in [0.2, 0.25) is 0 Å². The molecule has 6 heteroatoms. The molecule has 0 saturated carbocycles. The fourth-order valence-electron chi connectivity index (χ4n) is 1.36. The Morgan fingerprint density at radius 1 is 1.69 bits per heavy atom. The summed E-state index contributed by atoms with van der Waals surface area (Å²) in [6, 6.07) is 0. The molecule has 1 rings (SSSR count). The van der Waals surface area contributed by atoms with Crippen LogP contribution in [-0.4, -0.2) is 35.4 Å². The van der Waals surface area contributed by atoms with Gasteiger partial charge in [0.05, 0.1) is 18.5 Å². The molecule has 3 N–H and O–H groups in total. The van der Waals surface area contributed by atoms with Crippen LogP contribution in [-0.2, 0) is 18.3 Å². The Kier molecular flexibility index (Phi) is 4.94. The van der Waals surface area contributed by atoms with Crippen LogP contribution < -0.4 is 11.1 Å². The fraction of sp³-hybridized carbons (Fsp3) is 0.600. The summed E-state index contributed by atoms with van der Waals surface area (Å²) in [7, 11) is 1.79. The predicted octanol–water partition coefficient (Wildman–Crippen LogP) is -0.355. The minimum absolute atomic E-state index is 0.333. The zero-order valence-electron chi connectivity index (χ0n) is 9.69. The van der Waals surface area contributed by atoms with E-state index in [4.69, 9.17) is 10.5 Å². The number of esters is 1. The Hall–Kier alpha value is -1.40. The van der Waals surface area contributed by atoms with E-state index in [9.17, 15) is 4.79 Å². The number of hydrogen-bond donors (Lipinski definition) is 2. The molecule has 90 valence electrons. The molecule has 1 aromatic heterocycles. The lowest BCUT2D eigenvalue weighted by atomic mass is 10.2. The number of aromatic nitrogens is 2. The van der Waals surface area contributed by atoms with Crippen molar-refractivity contribution in [1.29, 1.82) is 0 Å². The molecular formula is C10H18N4O2. The molecule has 0 aliphatic heterocycles. The van der Waals surface area contributed by atoms with Crippen LogP contribution in [0.3, 0.4) is 0 Å². The molecule has 0 unspecified atom stereocenters. The van der Waals surface area contributed by atoms with Gasteiger partial charge in [0, 0.05) is 26.7 Å². The van der Waals surface area contributed by atoms with Gasteiger partial charge >= 0.3 is 5.97 Å². The second-order valence-corrected chi connectivity index (χ2v) is 3.31. The summed E-state index contributed by atoms with van der Waals surface area (Å²) in [6.07, 6.45) is 1.53. The summed E-state index contributed by atoms with van der Waals surface area (Å²) in [5.41, 5.74) is 6.70. The fourth-order valence-corrected chi connectivity index (χ4v) is 1.36. The van der Waals surface area contributed by atoms with Crippen molar-refractivity contribution in [3.8, 4) is 0 Å². The maximum absolute atomic E-state index is 11.6. The molecule has 1 aromatic rings. The number of rotatable bonds is 6. The van der Waals surface area contributed by atoms with Gasteiger partial charge in [-0.3, -0.25) is 4.68 Å². The Balaban J connectivity index is 2.73. The third kappa shape index (κ3) is 3.04. The number of aryl methyl sites for hydroxylation is 1. The van der Waals surface area contributed by atoms with E-state index in [0.29, 0.717) is 31.8 Å². The minimum Gasteiger partial charge on any atom is -0.462 e. The quantitative estimate of drug-likeness (QED) is 0.511. The number of nitrogens with two attached hydrogens (primary N) is 1. The SMILES string of the molecule is CCOC(=O)c1cnn(C)c1CNCCN. The first kappa shape index (κ1) is 12.7. The average molecular weight is 226 g/mol. The van der Waals surface area contributed by atoms with Crippen LogP contribution in [0.15, 0.2) is 6.20 Å². The number of hydrogen-bond acceptors (Lipinski definition) is 5. The highest BCUT2D eigenvalue weighted by atomic mass is 16.5. The zero-order chi connectivity index (χ0) is 12.0. The van der Waals surface area contributed by atoms with Crippen LogP contribution in [0.25, 0.3) is 0 Å². The number of nitrogens with one attached hydrogen (secondary N) is 1. The van der Waals surface area contributed by atoms with Gasteiger partial charge in [0.15, 0.2) is 0 Å². The minimum atomic E-state index is -0.333. The summed E-state index contributed by atoms with van der Waals surface area (Å²) < 4.78 is 6.61. The molecular weight excluding hydrogens is 208 g/mol. The number of carbonyl (C=O) groups excluding carboxylic acids is 1. The third-order valence-electron chi connectivity index (χ3n) is 2.17. The van der Waals surface area contributed by atoms with Crippen LogP contribution in [0, 0.1) is 0 Å². The second-order valence-electron chi connectivity index (χ2n) is 3.31. The average Bonchev–Trinajstić information content (AvgIpc) is 2.61. The summed E-state index contributed by atoms with van der Waals surface area (Å²) in [6.45, 7) is 3.96. The molecule has 16 heavy (non-hydrogen) atoms. The van der Waals surface area contributed by atoms with Crippen LogP contribution in [0.1, 0.15) is 23.0 Å². The molecule has 0 aliphatic rings. The van der Waals surface area contributed by atoms with Gasteiger partial charge in [-0.2, -0.15) is 5.10 Å². The number of ether oxygens (including phenoxy) is 1. The first-order valence-corrected chi connectivity index (χ1v) is 5.29. The van der Waals surface area contributed by atoms with Crippen molar-refractivity contribution >= 4 is 5.97 Å². The molecule has 0 amide bonds. The summed E-state index contributed by atoms with van der Waals surface area (Å²) in [4.78, 5) is 11.6. The molecule has 0 aromatic carbocycles. The molecule has 0 spiro atoms. The second kappa shape index (κ2) is 6.24.